The summed E-state index contributed by atoms with van der Waals surface area (Å²) >= 11 is 1.22. The van der Waals surface area contributed by atoms with Crippen LogP contribution in [0, 0.1) is 11.3 Å². The van der Waals surface area contributed by atoms with E-state index in [1.165, 1.54) is 17.8 Å². The zero-order valence-corrected chi connectivity index (χ0v) is 17.7. The molecule has 0 atom stereocenters. The average Bonchev–Trinajstić information content (AvgIpc) is 2.72. The number of alkyl halides is 6. The van der Waals surface area contributed by atoms with Gasteiger partial charge in [0.2, 0.25) is 5.91 Å². The standard InChI is InChI=1S/C21H19F6N3OS/c1-2-19(31)29-15-4-7-17(8-5-15)32-10-9-30(13-20(22,23)24)16-6-3-14(12-28)18(11-16)21(25,26)27/h3-8,11H,2,9-10,13H2,1H3,(H,29,31). The van der Waals surface area contributed by atoms with Gasteiger partial charge >= 0.3 is 12.4 Å². The highest BCUT2D eigenvalue weighted by Crippen LogP contribution is 2.35. The molecule has 0 saturated carbocycles. The summed E-state index contributed by atoms with van der Waals surface area (Å²) in [5, 5.41) is 11.5. The molecule has 11 heteroatoms. The molecule has 1 amide bonds. The lowest BCUT2D eigenvalue weighted by molar-refractivity contribution is -0.137. The minimum Gasteiger partial charge on any atom is -0.362 e. The number of halogens is 6. The van der Waals surface area contributed by atoms with E-state index in [9.17, 15) is 31.1 Å². The lowest BCUT2D eigenvalue weighted by Gasteiger charge is -2.27. The van der Waals surface area contributed by atoms with Gasteiger partial charge in [-0.05, 0) is 42.5 Å². The fourth-order valence-electron chi connectivity index (χ4n) is 2.73. The highest BCUT2D eigenvalue weighted by molar-refractivity contribution is 7.99. The fourth-order valence-corrected chi connectivity index (χ4v) is 3.61. The smallest absolute Gasteiger partial charge is 0.362 e. The highest BCUT2D eigenvalue weighted by Gasteiger charge is 2.36. The summed E-state index contributed by atoms with van der Waals surface area (Å²) in [6.45, 7) is 0.0955. The number of thioether (sulfide) groups is 1. The molecule has 0 heterocycles. The predicted octanol–water partition coefficient (Wildman–Crippen LogP) is 6.09. The first-order chi connectivity index (χ1) is 14.9. The van der Waals surface area contributed by atoms with Crippen molar-refractivity contribution in [1.82, 2.24) is 0 Å². The van der Waals surface area contributed by atoms with Crippen molar-refractivity contribution in [2.75, 3.05) is 29.1 Å². The maximum Gasteiger partial charge on any atom is 0.417 e. The number of nitrogens with one attached hydrogen (secondary N) is 1. The van der Waals surface area contributed by atoms with Crippen LogP contribution in [0.3, 0.4) is 0 Å². The largest absolute Gasteiger partial charge is 0.417 e. The van der Waals surface area contributed by atoms with Gasteiger partial charge in [0, 0.05) is 35.0 Å². The molecule has 2 aromatic carbocycles. The minimum atomic E-state index is -4.87. The van der Waals surface area contributed by atoms with Crippen LogP contribution in [0.4, 0.5) is 37.7 Å². The number of benzene rings is 2. The zero-order valence-electron chi connectivity index (χ0n) is 16.8. The number of anilines is 2. The first-order valence-corrected chi connectivity index (χ1v) is 10.4. The van der Waals surface area contributed by atoms with Gasteiger partial charge < -0.3 is 10.2 Å². The van der Waals surface area contributed by atoms with Crippen molar-refractivity contribution in [3.05, 3.63) is 53.6 Å². The molecule has 0 saturated heterocycles. The molecule has 0 bridgehead atoms. The van der Waals surface area contributed by atoms with Gasteiger partial charge in [-0.3, -0.25) is 4.79 Å². The van der Waals surface area contributed by atoms with Crippen molar-refractivity contribution in [1.29, 1.82) is 5.26 Å². The Bertz CT molecular complexity index is 967. The Hall–Kier alpha value is -2.87. The maximum atomic E-state index is 13.2. The predicted molar refractivity (Wildman–Crippen MR) is 111 cm³/mol. The van der Waals surface area contributed by atoms with Crippen molar-refractivity contribution in [3.8, 4) is 6.07 Å². The second-order valence-electron chi connectivity index (χ2n) is 6.65. The highest BCUT2D eigenvalue weighted by atomic mass is 32.2. The lowest BCUT2D eigenvalue weighted by Crippen LogP contribution is -2.36. The van der Waals surface area contributed by atoms with Gasteiger partial charge in [-0.25, -0.2) is 0 Å². The van der Waals surface area contributed by atoms with Crippen LogP contribution in [0.1, 0.15) is 24.5 Å². The summed E-state index contributed by atoms with van der Waals surface area (Å²) in [4.78, 5) is 12.9. The Labute approximate surface area is 185 Å². The molecule has 32 heavy (non-hydrogen) atoms. The topological polar surface area (TPSA) is 56.1 Å². The summed E-state index contributed by atoms with van der Waals surface area (Å²) in [7, 11) is 0. The molecule has 0 aliphatic carbocycles. The zero-order chi connectivity index (χ0) is 23.9. The van der Waals surface area contributed by atoms with Crippen LogP contribution in [0.15, 0.2) is 47.4 Å². The van der Waals surface area contributed by atoms with Crippen LogP contribution in [0.25, 0.3) is 0 Å². The molecule has 2 rings (SSSR count). The number of nitriles is 1. The second-order valence-corrected chi connectivity index (χ2v) is 7.82. The van der Waals surface area contributed by atoms with Gasteiger partial charge in [0.1, 0.15) is 6.54 Å². The molecular formula is C21H19F6N3OS. The molecule has 0 aliphatic rings. The fraction of sp³-hybridized carbons (Fsp3) is 0.333. The van der Waals surface area contributed by atoms with Crippen molar-refractivity contribution in [2.45, 2.75) is 30.6 Å². The monoisotopic (exact) mass is 475 g/mol. The molecule has 0 radical (unpaired) electrons. The normalized spacial score (nSPS) is 11.7. The minimum absolute atomic E-state index is 0.158. The Morgan fingerprint density at radius 1 is 1.09 bits per heavy atom. The third-order valence-corrected chi connectivity index (χ3v) is 5.25. The van der Waals surface area contributed by atoms with E-state index >= 15 is 0 Å². The number of hydrogen-bond acceptors (Lipinski definition) is 4. The van der Waals surface area contributed by atoms with E-state index in [0.717, 1.165) is 21.9 Å². The molecule has 0 aliphatic heterocycles. The summed E-state index contributed by atoms with van der Waals surface area (Å²) in [6, 6.07) is 10.6. The lowest BCUT2D eigenvalue weighted by atomic mass is 10.1. The molecule has 4 nitrogen and oxygen atoms in total. The quantitative estimate of drug-likeness (QED) is 0.371. The van der Waals surface area contributed by atoms with Gasteiger partial charge in [0.15, 0.2) is 0 Å². The molecule has 0 spiro atoms. The number of hydrogen-bond donors (Lipinski definition) is 1. The van der Waals surface area contributed by atoms with Gasteiger partial charge in [-0.1, -0.05) is 6.92 Å². The Balaban J connectivity index is 2.14. The Morgan fingerprint density at radius 3 is 2.28 bits per heavy atom. The van der Waals surface area contributed by atoms with E-state index in [1.807, 2.05) is 0 Å². The van der Waals surface area contributed by atoms with E-state index in [4.69, 9.17) is 5.26 Å². The third kappa shape index (κ3) is 7.67. The molecule has 0 aromatic heterocycles. The maximum absolute atomic E-state index is 13.2. The number of carbonyl (C=O) groups is 1. The number of rotatable bonds is 8. The average molecular weight is 475 g/mol. The Kier molecular flexibility index (Phi) is 8.44. The number of nitrogens with zero attached hydrogens (tertiary/aromatic N) is 2. The van der Waals surface area contributed by atoms with E-state index in [0.29, 0.717) is 18.2 Å². The van der Waals surface area contributed by atoms with Crippen molar-refractivity contribution in [2.24, 2.45) is 0 Å². The van der Waals surface area contributed by atoms with Crippen molar-refractivity contribution >= 4 is 29.0 Å². The van der Waals surface area contributed by atoms with Crippen LogP contribution in [-0.4, -0.2) is 30.9 Å². The molecule has 1 N–H and O–H groups in total. The van der Waals surface area contributed by atoms with Gasteiger partial charge in [0.05, 0.1) is 17.2 Å². The summed E-state index contributed by atoms with van der Waals surface area (Å²) < 4.78 is 78.7. The molecule has 2 aromatic rings. The third-order valence-electron chi connectivity index (χ3n) is 4.25. The molecular weight excluding hydrogens is 456 g/mol. The summed E-state index contributed by atoms with van der Waals surface area (Å²) in [5.74, 6) is 0.00630. The van der Waals surface area contributed by atoms with Crippen LogP contribution in [0.5, 0.6) is 0 Å². The van der Waals surface area contributed by atoms with E-state index in [1.54, 1.807) is 31.2 Å². The first kappa shape index (κ1) is 25.4. The second kappa shape index (κ2) is 10.6. The van der Waals surface area contributed by atoms with Crippen LogP contribution in [0.2, 0.25) is 0 Å². The summed E-state index contributed by atoms with van der Waals surface area (Å²) in [6.07, 6.45) is -9.18. The van der Waals surface area contributed by atoms with E-state index < -0.39 is 30.0 Å². The van der Waals surface area contributed by atoms with Crippen LogP contribution in [-0.2, 0) is 11.0 Å². The Morgan fingerprint density at radius 2 is 1.75 bits per heavy atom. The number of amides is 1. The van der Waals surface area contributed by atoms with E-state index in [2.05, 4.69) is 5.32 Å². The molecule has 172 valence electrons. The SMILES string of the molecule is CCC(=O)Nc1ccc(SCCN(CC(F)(F)F)c2ccc(C#N)c(C(F)(F)F)c2)cc1. The first-order valence-electron chi connectivity index (χ1n) is 9.38. The van der Waals surface area contributed by atoms with Crippen LogP contribution < -0.4 is 10.2 Å². The summed E-state index contributed by atoms with van der Waals surface area (Å²) in [5.41, 5.74) is -1.62. The van der Waals surface area contributed by atoms with Crippen LogP contribution >= 0.6 is 11.8 Å². The van der Waals surface area contributed by atoms with Gasteiger partial charge in [-0.2, -0.15) is 31.6 Å². The number of carbonyl (C=O) groups excluding carboxylic acids is 1. The molecule has 0 fully saturated rings. The van der Waals surface area contributed by atoms with Crippen molar-refractivity contribution in [3.63, 3.8) is 0 Å². The van der Waals surface area contributed by atoms with Crippen molar-refractivity contribution < 1.29 is 31.1 Å². The van der Waals surface area contributed by atoms with Gasteiger partial charge in [0.25, 0.3) is 0 Å². The van der Waals surface area contributed by atoms with E-state index in [-0.39, 0.29) is 23.9 Å². The van der Waals surface area contributed by atoms with Gasteiger partial charge in [-0.15, -0.1) is 11.8 Å². The molecule has 0 unspecified atom stereocenters.